The van der Waals surface area contributed by atoms with Crippen LogP contribution >= 0.6 is 34.8 Å². The summed E-state index contributed by atoms with van der Waals surface area (Å²) in [6.45, 7) is 14.1. The number of halogens is 3. The van der Waals surface area contributed by atoms with Gasteiger partial charge in [-0.2, -0.15) is 0 Å². The molecule has 3 aliphatic rings. The fourth-order valence-electron chi connectivity index (χ4n) is 21.0. The Kier molecular flexibility index (Phi) is 21.6. The summed E-state index contributed by atoms with van der Waals surface area (Å²) in [4.78, 5) is 6.87. The van der Waals surface area contributed by atoms with Crippen molar-refractivity contribution in [2.75, 3.05) is 14.7 Å². The van der Waals surface area contributed by atoms with Gasteiger partial charge in [0.05, 0.1) is 0 Å². The smallest absolute Gasteiger partial charge is 0.0482 e. The molecule has 21 aromatic carbocycles. The van der Waals surface area contributed by atoms with Gasteiger partial charge in [0.2, 0.25) is 0 Å². The van der Waals surface area contributed by atoms with Gasteiger partial charge in [0.1, 0.15) is 0 Å². The second kappa shape index (κ2) is 34.3. The molecule has 0 saturated carbocycles. The molecule has 0 N–H and O–H groups in total. The quantitative estimate of drug-likeness (QED) is 0.107. The van der Waals surface area contributed by atoms with Crippen LogP contribution < -0.4 is 14.7 Å². The molecule has 0 amide bonds. The molecule has 24 rings (SSSR count). The van der Waals surface area contributed by atoms with Crippen molar-refractivity contribution >= 4 is 129 Å². The minimum atomic E-state index is -0.145. The van der Waals surface area contributed by atoms with Gasteiger partial charge in [-0.05, 0) is 311 Å². The van der Waals surface area contributed by atoms with E-state index in [2.05, 4.69) is 499 Å². The van der Waals surface area contributed by atoms with Gasteiger partial charge in [-0.1, -0.05) is 392 Å². The largest absolute Gasteiger partial charge is 0.310 e. The number of rotatable bonds is 14. The Morgan fingerprint density at radius 3 is 0.925 bits per heavy atom. The van der Waals surface area contributed by atoms with Crippen LogP contribution in [-0.4, -0.2) is 0 Å². The molecule has 21 aromatic rings. The summed E-state index contributed by atoms with van der Waals surface area (Å²) in [6, 6.07) is 165. The molecule has 0 spiro atoms. The van der Waals surface area contributed by atoms with Crippen molar-refractivity contribution in [1.29, 1.82) is 0 Å². The van der Waals surface area contributed by atoms with E-state index in [1.165, 1.54) is 138 Å². The maximum atomic E-state index is 7.04. The first kappa shape index (κ1) is 83.5. The van der Waals surface area contributed by atoms with Gasteiger partial charge >= 0.3 is 0 Å². The first-order valence-corrected chi connectivity index (χ1v) is 46.8. The number of hydrogen-bond donors (Lipinski definition) is 0. The molecular weight excluding hydrogens is 1670 g/mol. The molecule has 6 heteroatoms. The number of para-hydroxylation sites is 3. The van der Waals surface area contributed by atoms with Crippen LogP contribution in [0.5, 0.6) is 0 Å². The van der Waals surface area contributed by atoms with Crippen LogP contribution in [-0.2, 0) is 16.2 Å². The number of anilines is 9. The summed E-state index contributed by atoms with van der Waals surface area (Å²) < 4.78 is 0. The SMILES string of the molecule is CC1(C)c2cc(-c3cc(Cl)cc(N(c4ccc(-c5ccccc5)cc4)c4cccc(-c5ccccc5)c4)c3)ccc2-c2ccc3ccccc3c21.CC1(C)c2cc(-c3cc(Cl)cc(N(c4ccccc4)c4ccc5ccccc5c4)c3)ccc2-c2c1ccc1ccccc21.CC1(C)c2cc(-c3cc(Cl)cc(N(c4ccccc4)c4ccccc4)c3)ccc2-c2c1ccc1ccccc21. The third-order valence-corrected chi connectivity index (χ3v) is 28.2. The fourth-order valence-corrected chi connectivity index (χ4v) is 21.7. The molecule has 0 unspecified atom stereocenters. The molecule has 0 saturated heterocycles. The van der Waals surface area contributed by atoms with Gasteiger partial charge in [0.25, 0.3) is 0 Å². The Morgan fingerprint density at radius 1 is 0.165 bits per heavy atom. The summed E-state index contributed by atoms with van der Waals surface area (Å²) >= 11 is 20.7. The van der Waals surface area contributed by atoms with Crippen LogP contribution in [0.2, 0.25) is 15.1 Å². The average Bonchev–Trinajstić information content (AvgIpc) is 1.56. The van der Waals surface area contributed by atoms with Crippen molar-refractivity contribution in [3.05, 3.63) is 509 Å². The summed E-state index contributed by atoms with van der Waals surface area (Å²) in [5, 5.41) is 12.4. The first-order chi connectivity index (χ1) is 64.9. The zero-order valence-corrected chi connectivity index (χ0v) is 77.1. The Labute approximate surface area is 794 Å². The average molecular weight is 1770 g/mol. The summed E-state index contributed by atoms with van der Waals surface area (Å²) in [5.41, 5.74) is 37.0. The molecule has 3 nitrogen and oxygen atoms in total. The minimum absolute atomic E-state index is 0.0910. The maximum absolute atomic E-state index is 7.04. The van der Waals surface area contributed by atoms with Crippen LogP contribution in [0.15, 0.2) is 461 Å². The zero-order valence-electron chi connectivity index (χ0n) is 74.9. The minimum Gasteiger partial charge on any atom is -0.310 e. The normalized spacial score (nSPS) is 13.0. The number of nitrogens with zero attached hydrogens (tertiary/aromatic N) is 3. The number of hydrogen-bond acceptors (Lipinski definition) is 3. The van der Waals surface area contributed by atoms with Gasteiger partial charge in [-0.3, -0.25) is 0 Å². The maximum Gasteiger partial charge on any atom is 0.0482 e. The lowest BCUT2D eigenvalue weighted by atomic mass is 9.79. The van der Waals surface area contributed by atoms with E-state index in [1.807, 2.05) is 18.2 Å². The monoisotopic (exact) mass is 1770 g/mol. The lowest BCUT2D eigenvalue weighted by Gasteiger charge is -2.27. The van der Waals surface area contributed by atoms with Crippen LogP contribution in [0, 0.1) is 0 Å². The second-order valence-corrected chi connectivity index (χ2v) is 38.1. The van der Waals surface area contributed by atoms with E-state index in [4.69, 9.17) is 34.8 Å². The zero-order chi connectivity index (χ0) is 90.2. The van der Waals surface area contributed by atoms with E-state index in [9.17, 15) is 0 Å². The molecular formula is C127H94Cl3N3. The van der Waals surface area contributed by atoms with Crippen LogP contribution in [0.4, 0.5) is 51.2 Å². The van der Waals surface area contributed by atoms with E-state index in [0.717, 1.165) is 79.0 Å². The fraction of sp³-hybridized carbons (Fsp3) is 0.0709. The van der Waals surface area contributed by atoms with Crippen molar-refractivity contribution in [1.82, 2.24) is 0 Å². The number of fused-ring (bicyclic) bond motifs is 16. The van der Waals surface area contributed by atoms with Crippen LogP contribution in [0.3, 0.4) is 0 Å². The third-order valence-electron chi connectivity index (χ3n) is 27.6. The van der Waals surface area contributed by atoms with Gasteiger partial charge in [0.15, 0.2) is 0 Å². The van der Waals surface area contributed by atoms with E-state index in [0.29, 0.717) is 15.1 Å². The van der Waals surface area contributed by atoms with Crippen molar-refractivity contribution in [2.24, 2.45) is 0 Å². The Hall–Kier alpha value is -15.1. The molecule has 0 atom stereocenters. The van der Waals surface area contributed by atoms with Crippen molar-refractivity contribution in [3.63, 3.8) is 0 Å². The molecule has 0 bridgehead atoms. The van der Waals surface area contributed by atoms with Crippen LogP contribution in [0.1, 0.15) is 74.9 Å². The molecule has 0 radical (unpaired) electrons. The van der Waals surface area contributed by atoms with Crippen molar-refractivity contribution < 1.29 is 0 Å². The van der Waals surface area contributed by atoms with Gasteiger partial charge in [-0.25, -0.2) is 0 Å². The van der Waals surface area contributed by atoms with Crippen molar-refractivity contribution in [3.8, 4) is 89.0 Å². The highest BCUT2D eigenvalue weighted by atomic mass is 35.5. The molecule has 0 heterocycles. The second-order valence-electron chi connectivity index (χ2n) is 36.8. The lowest BCUT2D eigenvalue weighted by molar-refractivity contribution is 0.661. The van der Waals surface area contributed by atoms with E-state index in [1.54, 1.807) is 0 Å². The lowest BCUT2D eigenvalue weighted by Crippen LogP contribution is -2.15. The molecule has 0 aliphatic heterocycles. The predicted octanol–water partition coefficient (Wildman–Crippen LogP) is 37.3. The van der Waals surface area contributed by atoms with Gasteiger partial charge < -0.3 is 14.7 Å². The topological polar surface area (TPSA) is 9.72 Å². The first-order valence-electron chi connectivity index (χ1n) is 45.7. The third kappa shape index (κ3) is 15.5. The Morgan fingerprint density at radius 2 is 0.459 bits per heavy atom. The van der Waals surface area contributed by atoms with E-state index < -0.39 is 0 Å². The molecule has 133 heavy (non-hydrogen) atoms. The van der Waals surface area contributed by atoms with Crippen LogP contribution in [0.25, 0.3) is 132 Å². The summed E-state index contributed by atoms with van der Waals surface area (Å²) in [6.07, 6.45) is 0. The molecule has 3 aliphatic carbocycles. The summed E-state index contributed by atoms with van der Waals surface area (Å²) in [5.74, 6) is 0. The molecule has 0 aromatic heterocycles. The Balaban J connectivity index is 0.000000117. The molecule has 638 valence electrons. The predicted molar refractivity (Wildman–Crippen MR) is 568 cm³/mol. The standard InChI is InChI=1S/C49H36ClN.C41H30ClN.C37H28ClN/c1-49(2)47-31-38(23-26-45(47)46-27-22-36-16-9-10-19-44(36)48(46)49)39-28-40(50)32-43(30-39)51(41-24-20-35(21-25-41)33-12-5-3-6-13-33)42-18-11-17-37(29-42)34-14-7-4-8-15-34;1-41(2)38-21-18-28-11-8-9-15-36(28)40(38)37-20-17-30(25-39(37)41)31-22-32(42)26-35(24-31)43(33-13-4-3-5-14-33)34-19-16-27-10-6-7-12-29(27)23-34;1-37(2)34-20-18-25-11-9-10-16-32(25)36(34)33-19-17-26(23-35(33)37)27-21-28(38)24-31(22-27)39(29-12-5-3-6-13-29)30-14-7-4-8-15-30/h3-32H,1-2H3;3-26H,1-2H3;3-24H,1-2H3. The highest BCUT2D eigenvalue weighted by molar-refractivity contribution is 6.32. The highest BCUT2D eigenvalue weighted by Gasteiger charge is 2.40. The summed E-state index contributed by atoms with van der Waals surface area (Å²) in [7, 11) is 0. The highest BCUT2D eigenvalue weighted by Crippen LogP contribution is 2.57. The van der Waals surface area contributed by atoms with Gasteiger partial charge in [-0.15, -0.1) is 0 Å². The van der Waals surface area contributed by atoms with E-state index >= 15 is 0 Å². The Bertz CT molecular complexity index is 8030. The number of benzene rings is 21. The van der Waals surface area contributed by atoms with Crippen molar-refractivity contribution in [2.45, 2.75) is 57.8 Å². The van der Waals surface area contributed by atoms with E-state index in [-0.39, 0.29) is 16.2 Å². The molecule has 0 fully saturated rings. The van der Waals surface area contributed by atoms with Gasteiger partial charge in [0, 0.05) is 82.5 Å².